The van der Waals surface area contributed by atoms with Crippen LogP contribution in [0.1, 0.15) is 25.3 Å². The number of amides is 2. The molecule has 0 bridgehead atoms. The number of hydrogen-bond donors (Lipinski definition) is 0. The lowest BCUT2D eigenvalue weighted by atomic mass is 10.0. The first-order valence-corrected chi connectivity index (χ1v) is 9.75. The second-order valence-corrected chi connectivity index (χ2v) is 7.27. The number of anilines is 1. The number of rotatable bonds is 7. The third-order valence-electron chi connectivity index (χ3n) is 5.13. The summed E-state index contributed by atoms with van der Waals surface area (Å²) in [6.07, 6.45) is 0.967. The van der Waals surface area contributed by atoms with E-state index in [1.54, 1.807) is 16.9 Å². The van der Waals surface area contributed by atoms with Gasteiger partial charge in [0.25, 0.3) is 0 Å². The minimum absolute atomic E-state index is 0.00540. The van der Waals surface area contributed by atoms with Crippen molar-refractivity contribution >= 4 is 23.3 Å². The van der Waals surface area contributed by atoms with Crippen LogP contribution in [0.5, 0.6) is 5.75 Å². The highest BCUT2D eigenvalue weighted by Crippen LogP contribution is 2.26. The van der Waals surface area contributed by atoms with Crippen LogP contribution in [0.2, 0.25) is 0 Å². The van der Waals surface area contributed by atoms with Gasteiger partial charge in [-0.3, -0.25) is 9.59 Å². The Balaban J connectivity index is 1.84. The molecule has 29 heavy (non-hydrogen) atoms. The Hall–Kier alpha value is -3.15. The Morgan fingerprint density at radius 1 is 1.07 bits per heavy atom. The van der Waals surface area contributed by atoms with Gasteiger partial charge in [-0.05, 0) is 31.0 Å². The minimum atomic E-state index is -0.166. The highest BCUT2D eigenvalue weighted by molar-refractivity contribution is 5.98. The third kappa shape index (κ3) is 5.22. The molecule has 1 aliphatic rings. The van der Waals surface area contributed by atoms with Gasteiger partial charge in [0.15, 0.2) is 0 Å². The molecule has 0 N–H and O–H groups in total. The van der Waals surface area contributed by atoms with Gasteiger partial charge >= 0.3 is 0 Å². The van der Waals surface area contributed by atoms with Crippen LogP contribution in [0.3, 0.4) is 0 Å². The van der Waals surface area contributed by atoms with Crippen molar-refractivity contribution in [3.63, 3.8) is 0 Å². The topological polar surface area (TPSA) is 66.9 Å². The number of methoxy groups -OCH3 is 1. The van der Waals surface area contributed by atoms with Gasteiger partial charge < -0.3 is 19.3 Å². The highest BCUT2D eigenvalue weighted by Gasteiger charge is 2.35. The smallest absolute Gasteiger partial charge is 0.246 e. The zero-order valence-electron chi connectivity index (χ0n) is 16.8. The van der Waals surface area contributed by atoms with E-state index in [0.29, 0.717) is 18.7 Å². The van der Waals surface area contributed by atoms with E-state index in [1.165, 1.54) is 6.92 Å². The fourth-order valence-electron chi connectivity index (χ4n) is 3.58. The van der Waals surface area contributed by atoms with Gasteiger partial charge in [-0.15, -0.1) is 0 Å². The van der Waals surface area contributed by atoms with Crippen molar-refractivity contribution in [2.45, 2.75) is 32.2 Å². The number of nitrogens with zero attached hydrogens (tertiary/aromatic N) is 2. The summed E-state index contributed by atoms with van der Waals surface area (Å²) in [5.41, 5.74) is 1.85. The van der Waals surface area contributed by atoms with Crippen LogP contribution in [-0.4, -0.2) is 48.7 Å². The van der Waals surface area contributed by atoms with Gasteiger partial charge in [0.2, 0.25) is 11.8 Å². The summed E-state index contributed by atoms with van der Waals surface area (Å²) in [7, 11) is 1.59. The molecule has 1 heterocycles. The molecule has 0 aromatic heterocycles. The van der Waals surface area contributed by atoms with E-state index in [2.05, 4.69) is 0 Å². The number of Topliss-reactive ketones (excluding diaryl/α,β-unsaturated/α-hetero) is 1. The maximum Gasteiger partial charge on any atom is 0.246 e. The normalized spacial score (nSPS) is 16.6. The lowest BCUT2D eigenvalue weighted by Gasteiger charge is -2.41. The van der Waals surface area contributed by atoms with Crippen molar-refractivity contribution in [2.75, 3.05) is 25.1 Å². The molecule has 1 aliphatic heterocycles. The first kappa shape index (κ1) is 20.6. The number of hydrogen-bond acceptors (Lipinski definition) is 4. The summed E-state index contributed by atoms with van der Waals surface area (Å²) in [5, 5.41) is 0. The van der Waals surface area contributed by atoms with Crippen molar-refractivity contribution in [3.8, 4) is 5.75 Å². The molecule has 152 valence electrons. The van der Waals surface area contributed by atoms with Crippen molar-refractivity contribution in [3.05, 3.63) is 60.2 Å². The molecular formula is C23H26N2O4. The second-order valence-electron chi connectivity index (χ2n) is 7.27. The average molecular weight is 394 g/mol. The summed E-state index contributed by atoms with van der Waals surface area (Å²) < 4.78 is 5.28. The average Bonchev–Trinajstić information content (AvgIpc) is 2.73. The number of piperazine rings is 1. The molecule has 2 aromatic carbocycles. The SMILES string of the molecule is COc1cccc(N2C[C@@H](Cc3ccccc3)N(C(=O)CCC(C)=O)CC2=O)c1. The number of carbonyl (C=O) groups is 3. The Bertz CT molecular complexity index is 881. The third-order valence-corrected chi connectivity index (χ3v) is 5.13. The van der Waals surface area contributed by atoms with E-state index < -0.39 is 0 Å². The monoisotopic (exact) mass is 394 g/mol. The number of carbonyl (C=O) groups excluding carboxylic acids is 3. The van der Waals surface area contributed by atoms with E-state index in [9.17, 15) is 14.4 Å². The Morgan fingerprint density at radius 3 is 2.52 bits per heavy atom. The van der Waals surface area contributed by atoms with Crippen LogP contribution in [0.4, 0.5) is 5.69 Å². The van der Waals surface area contributed by atoms with E-state index in [4.69, 9.17) is 4.74 Å². The van der Waals surface area contributed by atoms with Gasteiger partial charge in [-0.25, -0.2) is 0 Å². The molecule has 1 atom stereocenters. The van der Waals surface area contributed by atoms with Crippen LogP contribution in [0.25, 0.3) is 0 Å². The fraction of sp³-hybridized carbons (Fsp3) is 0.348. The van der Waals surface area contributed by atoms with Crippen LogP contribution >= 0.6 is 0 Å². The molecule has 6 nitrogen and oxygen atoms in total. The molecule has 0 aliphatic carbocycles. The van der Waals surface area contributed by atoms with Gasteiger partial charge in [0, 0.05) is 31.1 Å². The van der Waals surface area contributed by atoms with Crippen LogP contribution in [0, 0.1) is 0 Å². The van der Waals surface area contributed by atoms with E-state index in [0.717, 1.165) is 11.3 Å². The highest BCUT2D eigenvalue weighted by atomic mass is 16.5. The Labute approximate surface area is 171 Å². The summed E-state index contributed by atoms with van der Waals surface area (Å²) in [6, 6.07) is 17.1. The van der Waals surface area contributed by atoms with E-state index in [1.807, 2.05) is 54.6 Å². The van der Waals surface area contributed by atoms with Crippen molar-refractivity contribution in [2.24, 2.45) is 0 Å². The summed E-state index contributed by atoms with van der Waals surface area (Å²) >= 11 is 0. The molecule has 0 saturated carbocycles. The van der Waals surface area contributed by atoms with Gasteiger partial charge in [0.05, 0.1) is 13.2 Å². The molecule has 0 unspecified atom stereocenters. The second kappa shape index (κ2) is 9.37. The quantitative estimate of drug-likeness (QED) is 0.724. The van der Waals surface area contributed by atoms with Gasteiger partial charge in [-0.1, -0.05) is 36.4 Å². The van der Waals surface area contributed by atoms with Crippen molar-refractivity contribution < 1.29 is 19.1 Å². The number of ether oxygens (including phenoxy) is 1. The molecular weight excluding hydrogens is 368 g/mol. The van der Waals surface area contributed by atoms with Crippen LogP contribution in [-0.2, 0) is 20.8 Å². The largest absolute Gasteiger partial charge is 0.497 e. The molecule has 1 saturated heterocycles. The molecule has 2 amide bonds. The summed E-state index contributed by atoms with van der Waals surface area (Å²) in [6.45, 7) is 1.87. The predicted molar refractivity (Wildman–Crippen MR) is 111 cm³/mol. The molecule has 2 aromatic rings. The first-order valence-electron chi connectivity index (χ1n) is 9.75. The lowest BCUT2D eigenvalue weighted by molar-refractivity contribution is -0.140. The Morgan fingerprint density at radius 2 is 1.83 bits per heavy atom. The summed E-state index contributed by atoms with van der Waals surface area (Å²) in [5.74, 6) is 0.354. The van der Waals surface area contributed by atoms with E-state index >= 15 is 0 Å². The molecule has 0 radical (unpaired) electrons. The zero-order chi connectivity index (χ0) is 20.8. The first-order chi connectivity index (χ1) is 14.0. The summed E-state index contributed by atoms with van der Waals surface area (Å²) in [4.78, 5) is 40.3. The maximum absolute atomic E-state index is 12.9. The predicted octanol–water partition coefficient (Wildman–Crippen LogP) is 2.85. The van der Waals surface area contributed by atoms with Crippen molar-refractivity contribution in [1.82, 2.24) is 4.90 Å². The minimum Gasteiger partial charge on any atom is -0.497 e. The zero-order valence-corrected chi connectivity index (χ0v) is 16.8. The number of benzene rings is 2. The number of ketones is 1. The fourth-order valence-corrected chi connectivity index (χ4v) is 3.58. The Kier molecular flexibility index (Phi) is 6.65. The van der Waals surface area contributed by atoms with Crippen LogP contribution < -0.4 is 9.64 Å². The van der Waals surface area contributed by atoms with E-state index in [-0.39, 0.29) is 43.0 Å². The lowest BCUT2D eigenvalue weighted by Crippen LogP contribution is -2.59. The van der Waals surface area contributed by atoms with Gasteiger partial charge in [0.1, 0.15) is 18.1 Å². The molecule has 0 spiro atoms. The standard InChI is InChI=1S/C23H26N2O4/c1-17(26)11-12-22(27)25-16-23(28)24(19-9-6-10-21(14-19)29-2)15-20(25)13-18-7-4-3-5-8-18/h3-10,14,20H,11-13,15-16H2,1-2H3/t20-/m1/s1. The van der Waals surface area contributed by atoms with Crippen molar-refractivity contribution in [1.29, 1.82) is 0 Å². The molecule has 6 heteroatoms. The van der Waals surface area contributed by atoms with Crippen LogP contribution in [0.15, 0.2) is 54.6 Å². The molecule has 1 fully saturated rings. The molecule has 3 rings (SSSR count). The maximum atomic E-state index is 12.9. The van der Waals surface area contributed by atoms with Gasteiger partial charge in [-0.2, -0.15) is 0 Å².